The highest BCUT2D eigenvalue weighted by Crippen LogP contribution is 2.18. The van der Waals surface area contributed by atoms with Crippen molar-refractivity contribution in [2.24, 2.45) is 0 Å². The summed E-state index contributed by atoms with van der Waals surface area (Å²) in [5.41, 5.74) is 0. The highest BCUT2D eigenvalue weighted by molar-refractivity contribution is 5.80. The van der Waals surface area contributed by atoms with Gasteiger partial charge in [-0.25, -0.2) is 0 Å². The van der Waals surface area contributed by atoms with Crippen molar-refractivity contribution in [2.75, 3.05) is 6.61 Å². The molecule has 0 rings (SSSR count). The zero-order valence-corrected chi connectivity index (χ0v) is 42.6. The van der Waals surface area contributed by atoms with Crippen LogP contribution in [0.2, 0.25) is 0 Å². The Morgan fingerprint density at radius 2 is 0.635 bits per heavy atom. The lowest BCUT2D eigenvalue weighted by molar-refractivity contribution is -0.132. The van der Waals surface area contributed by atoms with Crippen LogP contribution < -0.4 is 5.32 Å². The second kappa shape index (κ2) is 52.0. The lowest BCUT2D eigenvalue weighted by Crippen LogP contribution is -2.53. The lowest BCUT2D eigenvalue weighted by Gasteiger charge is -2.27. The zero-order valence-electron chi connectivity index (χ0n) is 42.6. The molecule has 0 aromatic carbocycles. The third-order valence-electron chi connectivity index (χ3n) is 13.7. The summed E-state index contributed by atoms with van der Waals surface area (Å²) >= 11 is 0. The van der Waals surface area contributed by atoms with Gasteiger partial charge in [-0.05, 0) is 38.5 Å². The van der Waals surface area contributed by atoms with Crippen LogP contribution in [-0.2, 0) is 4.79 Å². The van der Waals surface area contributed by atoms with Crippen molar-refractivity contribution < 1.29 is 25.2 Å². The van der Waals surface area contributed by atoms with Crippen LogP contribution in [0.1, 0.15) is 316 Å². The van der Waals surface area contributed by atoms with Gasteiger partial charge in [-0.2, -0.15) is 0 Å². The quantitative estimate of drug-likeness (QED) is 0.0309. The second-order valence-electron chi connectivity index (χ2n) is 20.0. The van der Waals surface area contributed by atoms with Gasteiger partial charge < -0.3 is 25.7 Å². The summed E-state index contributed by atoms with van der Waals surface area (Å²) in [7, 11) is 0. The lowest BCUT2D eigenvalue weighted by atomic mass is 9.99. The van der Waals surface area contributed by atoms with E-state index in [1.54, 1.807) is 0 Å². The van der Waals surface area contributed by atoms with E-state index < -0.39 is 36.9 Å². The highest BCUT2D eigenvalue weighted by Gasteiger charge is 2.28. The van der Waals surface area contributed by atoms with Crippen molar-refractivity contribution >= 4 is 5.91 Å². The van der Waals surface area contributed by atoms with E-state index in [1.165, 1.54) is 238 Å². The number of unbranched alkanes of at least 4 members (excludes halogenated alkanes) is 42. The van der Waals surface area contributed by atoms with Crippen LogP contribution in [0.15, 0.2) is 12.2 Å². The molecular formula is C57H113NO5. The van der Waals surface area contributed by atoms with Gasteiger partial charge in [-0.3, -0.25) is 4.79 Å². The fourth-order valence-corrected chi connectivity index (χ4v) is 9.23. The number of carbonyl (C=O) groups excluding carboxylic acids is 1. The Morgan fingerprint density at radius 1 is 0.381 bits per heavy atom. The molecule has 0 aromatic heterocycles. The molecule has 4 atom stereocenters. The van der Waals surface area contributed by atoms with Crippen LogP contribution in [0, 0.1) is 0 Å². The van der Waals surface area contributed by atoms with Gasteiger partial charge in [0, 0.05) is 0 Å². The summed E-state index contributed by atoms with van der Waals surface area (Å²) in [6.45, 7) is 4.07. The number of amides is 1. The van der Waals surface area contributed by atoms with Crippen LogP contribution >= 0.6 is 0 Å². The first-order valence-electron chi connectivity index (χ1n) is 28.6. The molecule has 0 aliphatic heterocycles. The number of hydrogen-bond acceptors (Lipinski definition) is 5. The fourth-order valence-electron chi connectivity index (χ4n) is 9.23. The highest BCUT2D eigenvalue weighted by atomic mass is 16.3. The topological polar surface area (TPSA) is 110 Å². The molecule has 0 heterocycles. The maximum absolute atomic E-state index is 12.6. The van der Waals surface area contributed by atoms with E-state index in [-0.39, 0.29) is 0 Å². The molecule has 0 saturated carbocycles. The van der Waals surface area contributed by atoms with Crippen LogP contribution in [0.3, 0.4) is 0 Å². The number of aliphatic hydroxyl groups is 4. The van der Waals surface area contributed by atoms with E-state index in [0.29, 0.717) is 12.8 Å². The monoisotopic (exact) mass is 892 g/mol. The van der Waals surface area contributed by atoms with E-state index in [4.69, 9.17) is 0 Å². The largest absolute Gasteiger partial charge is 0.394 e. The molecule has 0 aromatic rings. The number of nitrogens with one attached hydrogen (secondary N) is 1. The fraction of sp³-hybridized carbons (Fsp3) is 0.947. The Balaban J connectivity index is 3.54. The van der Waals surface area contributed by atoms with Crippen molar-refractivity contribution in [1.29, 1.82) is 0 Å². The van der Waals surface area contributed by atoms with Crippen molar-refractivity contribution in [3.8, 4) is 0 Å². The number of rotatable bonds is 53. The number of hydrogen-bond donors (Lipinski definition) is 5. The van der Waals surface area contributed by atoms with Gasteiger partial charge in [0.1, 0.15) is 12.2 Å². The molecular weight excluding hydrogens is 779 g/mol. The van der Waals surface area contributed by atoms with Crippen LogP contribution in [-0.4, -0.2) is 57.3 Å². The maximum Gasteiger partial charge on any atom is 0.249 e. The molecule has 0 spiro atoms. The maximum atomic E-state index is 12.6. The SMILES string of the molecule is CCCCCCCCC/C=C\CCCCCCC(O)C(=O)NC(CO)C(O)C(O)CCCCCCCCCCCCCCCCCCCCCCCCCCCCCCCCCC. The summed E-state index contributed by atoms with van der Waals surface area (Å²) in [5, 5.41) is 43.9. The third-order valence-corrected chi connectivity index (χ3v) is 13.7. The number of allylic oxidation sites excluding steroid dienone is 2. The molecule has 0 radical (unpaired) electrons. The molecule has 0 saturated heterocycles. The average molecular weight is 893 g/mol. The minimum atomic E-state index is -1.26. The summed E-state index contributed by atoms with van der Waals surface area (Å²) < 4.78 is 0. The van der Waals surface area contributed by atoms with Gasteiger partial charge in [0.2, 0.25) is 5.91 Å². The number of carbonyl (C=O) groups is 1. The van der Waals surface area contributed by atoms with E-state index in [2.05, 4.69) is 31.3 Å². The first kappa shape index (κ1) is 62.1. The zero-order chi connectivity index (χ0) is 45.9. The van der Waals surface area contributed by atoms with Crippen molar-refractivity contribution in [3.63, 3.8) is 0 Å². The van der Waals surface area contributed by atoms with E-state index in [1.807, 2.05) is 0 Å². The molecule has 0 fully saturated rings. The normalized spacial score (nSPS) is 13.8. The third kappa shape index (κ3) is 46.0. The summed E-state index contributed by atoms with van der Waals surface area (Å²) in [4.78, 5) is 12.6. The van der Waals surface area contributed by atoms with Gasteiger partial charge >= 0.3 is 0 Å². The Morgan fingerprint density at radius 3 is 0.921 bits per heavy atom. The molecule has 6 nitrogen and oxygen atoms in total. The Kier molecular flexibility index (Phi) is 51.2. The molecule has 376 valence electrons. The van der Waals surface area contributed by atoms with E-state index in [9.17, 15) is 25.2 Å². The van der Waals surface area contributed by atoms with Crippen LogP contribution in [0.25, 0.3) is 0 Å². The molecule has 0 aliphatic rings. The Bertz CT molecular complexity index is 913. The van der Waals surface area contributed by atoms with Crippen molar-refractivity contribution in [2.45, 2.75) is 340 Å². The van der Waals surface area contributed by atoms with Crippen molar-refractivity contribution in [1.82, 2.24) is 5.32 Å². The number of aliphatic hydroxyl groups excluding tert-OH is 4. The first-order chi connectivity index (χ1) is 31.0. The summed E-state index contributed by atoms with van der Waals surface area (Å²) in [6, 6.07) is -0.988. The minimum Gasteiger partial charge on any atom is -0.394 e. The van der Waals surface area contributed by atoms with Crippen molar-refractivity contribution in [3.05, 3.63) is 12.2 Å². The van der Waals surface area contributed by atoms with Crippen LogP contribution in [0.4, 0.5) is 0 Å². The van der Waals surface area contributed by atoms with Gasteiger partial charge in [0.05, 0.1) is 18.8 Å². The smallest absolute Gasteiger partial charge is 0.249 e. The average Bonchev–Trinajstić information content (AvgIpc) is 3.29. The van der Waals surface area contributed by atoms with Gasteiger partial charge in [0.25, 0.3) is 0 Å². The standard InChI is InChI=1S/C57H113NO5/c1-3-5-7-9-11-13-15-17-19-20-21-22-23-24-25-26-27-28-29-30-31-32-33-34-35-37-38-40-42-44-46-48-50-54(60)56(62)53(52-59)58-57(63)55(61)51-49-47-45-43-41-39-36-18-16-14-12-10-8-6-4-2/h36,39,53-56,59-62H,3-35,37-38,40-52H2,1-2H3,(H,58,63)/b39-36-. The molecule has 1 amide bonds. The Hall–Kier alpha value is -0.950. The molecule has 0 bridgehead atoms. The molecule has 0 aliphatic carbocycles. The molecule has 5 N–H and O–H groups in total. The predicted octanol–water partition coefficient (Wildman–Crippen LogP) is 16.5. The minimum absolute atomic E-state index is 0.358. The van der Waals surface area contributed by atoms with Crippen LogP contribution in [0.5, 0.6) is 0 Å². The second-order valence-corrected chi connectivity index (χ2v) is 20.0. The summed E-state index contributed by atoms with van der Waals surface area (Å²) in [6.07, 6.45) is 61.5. The van der Waals surface area contributed by atoms with Gasteiger partial charge in [0.15, 0.2) is 0 Å². The predicted molar refractivity (Wildman–Crippen MR) is 275 cm³/mol. The van der Waals surface area contributed by atoms with E-state index >= 15 is 0 Å². The Labute approximate surface area is 393 Å². The van der Waals surface area contributed by atoms with E-state index in [0.717, 1.165) is 51.4 Å². The molecule has 4 unspecified atom stereocenters. The van der Waals surface area contributed by atoms with Gasteiger partial charge in [-0.15, -0.1) is 0 Å². The van der Waals surface area contributed by atoms with Gasteiger partial charge in [-0.1, -0.05) is 289 Å². The molecule has 63 heavy (non-hydrogen) atoms. The summed E-state index contributed by atoms with van der Waals surface area (Å²) in [5.74, 6) is -0.588. The first-order valence-corrected chi connectivity index (χ1v) is 28.6. The molecule has 6 heteroatoms.